The fourth-order valence-electron chi connectivity index (χ4n) is 3.83. The number of benzene rings is 1. The molecule has 1 aromatic carbocycles. The van der Waals surface area contributed by atoms with E-state index in [2.05, 4.69) is 68.7 Å². The van der Waals surface area contributed by atoms with Crippen LogP contribution in [0.2, 0.25) is 0 Å². The monoisotopic (exact) mass is 386 g/mol. The van der Waals surface area contributed by atoms with Crippen molar-refractivity contribution in [2.45, 2.75) is 6.54 Å². The highest BCUT2D eigenvalue weighted by Crippen LogP contribution is 2.32. The molecular formula is C23H22N4S. The van der Waals surface area contributed by atoms with Gasteiger partial charge in [0.25, 0.3) is 0 Å². The fourth-order valence-corrected chi connectivity index (χ4v) is 4.58. The number of anilines is 1. The van der Waals surface area contributed by atoms with E-state index < -0.39 is 0 Å². The minimum Gasteiger partial charge on any atom is -0.354 e. The van der Waals surface area contributed by atoms with Crippen LogP contribution in [-0.4, -0.2) is 41.0 Å². The van der Waals surface area contributed by atoms with E-state index in [0.717, 1.165) is 44.1 Å². The Morgan fingerprint density at radius 1 is 0.893 bits per heavy atom. The van der Waals surface area contributed by atoms with Crippen molar-refractivity contribution in [3.8, 4) is 10.4 Å². The number of para-hydroxylation sites is 1. The summed E-state index contributed by atoms with van der Waals surface area (Å²) in [6.07, 6.45) is 3.79. The van der Waals surface area contributed by atoms with Crippen LogP contribution in [0.4, 0.5) is 5.82 Å². The topological polar surface area (TPSA) is 32.3 Å². The minimum absolute atomic E-state index is 0.968. The molecule has 0 spiro atoms. The number of thiophene rings is 1. The Bertz CT molecular complexity index is 1050. The third-order valence-electron chi connectivity index (χ3n) is 5.32. The van der Waals surface area contributed by atoms with Gasteiger partial charge in [0.2, 0.25) is 0 Å². The van der Waals surface area contributed by atoms with Crippen LogP contribution in [0, 0.1) is 0 Å². The summed E-state index contributed by atoms with van der Waals surface area (Å²) in [5, 5.41) is 3.32. The minimum atomic E-state index is 0.968. The molecule has 1 aliphatic heterocycles. The smallest absolute Gasteiger partial charge is 0.129 e. The van der Waals surface area contributed by atoms with Crippen molar-refractivity contribution >= 4 is 28.1 Å². The highest BCUT2D eigenvalue weighted by atomic mass is 32.1. The average molecular weight is 387 g/mol. The first kappa shape index (κ1) is 17.3. The van der Waals surface area contributed by atoms with Crippen LogP contribution in [0.1, 0.15) is 5.56 Å². The Morgan fingerprint density at radius 3 is 2.61 bits per heavy atom. The zero-order valence-corrected chi connectivity index (χ0v) is 16.5. The number of aromatic nitrogens is 2. The normalized spacial score (nSPS) is 15.2. The van der Waals surface area contributed by atoms with Crippen molar-refractivity contribution in [3.05, 3.63) is 77.9 Å². The predicted molar refractivity (Wildman–Crippen MR) is 117 cm³/mol. The number of pyridine rings is 2. The lowest BCUT2D eigenvalue weighted by atomic mass is 10.1. The van der Waals surface area contributed by atoms with Gasteiger partial charge in [-0.05, 0) is 35.2 Å². The maximum Gasteiger partial charge on any atom is 0.129 e. The maximum absolute atomic E-state index is 5.07. The molecule has 0 N–H and O–H groups in total. The Balaban J connectivity index is 1.35. The van der Waals surface area contributed by atoms with Crippen LogP contribution >= 0.6 is 11.3 Å². The molecular weight excluding hydrogens is 364 g/mol. The number of piperazine rings is 1. The van der Waals surface area contributed by atoms with Crippen molar-refractivity contribution in [2.75, 3.05) is 31.1 Å². The molecule has 28 heavy (non-hydrogen) atoms. The summed E-state index contributed by atoms with van der Waals surface area (Å²) in [5.41, 5.74) is 3.60. The van der Waals surface area contributed by atoms with Crippen molar-refractivity contribution in [1.29, 1.82) is 0 Å². The molecule has 1 aliphatic rings. The molecule has 1 saturated heterocycles. The summed E-state index contributed by atoms with van der Waals surface area (Å²) in [7, 11) is 0. The van der Waals surface area contributed by atoms with E-state index in [0.29, 0.717) is 0 Å². The molecule has 4 nitrogen and oxygen atoms in total. The Labute approximate surface area is 169 Å². The number of fused-ring (bicyclic) bond motifs is 1. The second-order valence-electron chi connectivity index (χ2n) is 7.15. The van der Waals surface area contributed by atoms with Gasteiger partial charge in [0, 0.05) is 60.9 Å². The van der Waals surface area contributed by atoms with Crippen molar-refractivity contribution in [2.24, 2.45) is 0 Å². The lowest BCUT2D eigenvalue weighted by molar-refractivity contribution is 0.249. The van der Waals surface area contributed by atoms with Gasteiger partial charge in [-0.25, -0.2) is 4.98 Å². The standard InChI is InChI=1S/C23H22N4S/c1-5-19-8-9-22(25-23(19)20(6-1)21-7-3-15-28-21)27-13-11-26(12-14-27)17-18-4-2-10-24-16-18/h1-10,15-16H,11-14,17H2. The summed E-state index contributed by atoms with van der Waals surface area (Å²) < 4.78 is 0. The molecule has 4 aromatic rings. The summed E-state index contributed by atoms with van der Waals surface area (Å²) in [6, 6.07) is 19.2. The van der Waals surface area contributed by atoms with Crippen LogP contribution in [0.5, 0.6) is 0 Å². The van der Waals surface area contributed by atoms with Gasteiger partial charge in [-0.15, -0.1) is 11.3 Å². The van der Waals surface area contributed by atoms with Gasteiger partial charge >= 0.3 is 0 Å². The molecule has 5 heteroatoms. The van der Waals surface area contributed by atoms with Crippen LogP contribution in [0.25, 0.3) is 21.3 Å². The number of hydrogen-bond acceptors (Lipinski definition) is 5. The summed E-state index contributed by atoms with van der Waals surface area (Å²) >= 11 is 1.77. The van der Waals surface area contributed by atoms with Crippen LogP contribution in [0.15, 0.2) is 72.4 Å². The second-order valence-corrected chi connectivity index (χ2v) is 8.10. The molecule has 0 unspecified atom stereocenters. The van der Waals surface area contributed by atoms with Crippen LogP contribution in [0.3, 0.4) is 0 Å². The second kappa shape index (κ2) is 7.70. The first-order valence-corrected chi connectivity index (χ1v) is 10.5. The van der Waals surface area contributed by atoms with E-state index in [1.54, 1.807) is 11.3 Å². The van der Waals surface area contributed by atoms with Crippen molar-refractivity contribution in [3.63, 3.8) is 0 Å². The molecule has 5 rings (SSSR count). The van der Waals surface area contributed by atoms with E-state index in [1.165, 1.54) is 21.4 Å². The van der Waals surface area contributed by atoms with Crippen molar-refractivity contribution < 1.29 is 0 Å². The molecule has 0 aliphatic carbocycles. The van der Waals surface area contributed by atoms with Crippen LogP contribution in [-0.2, 0) is 6.54 Å². The summed E-state index contributed by atoms with van der Waals surface area (Å²) in [5.74, 6) is 1.08. The Hall–Kier alpha value is -2.76. The quantitative estimate of drug-likeness (QED) is 0.510. The van der Waals surface area contributed by atoms with E-state index >= 15 is 0 Å². The molecule has 0 bridgehead atoms. The van der Waals surface area contributed by atoms with Gasteiger partial charge in [0.15, 0.2) is 0 Å². The molecule has 0 amide bonds. The van der Waals surface area contributed by atoms with Gasteiger partial charge < -0.3 is 4.90 Å². The molecule has 0 atom stereocenters. The van der Waals surface area contributed by atoms with E-state index in [1.807, 2.05) is 18.5 Å². The lowest BCUT2D eigenvalue weighted by Crippen LogP contribution is -2.46. The number of nitrogens with zero attached hydrogens (tertiary/aromatic N) is 4. The fraction of sp³-hybridized carbons (Fsp3) is 0.217. The van der Waals surface area contributed by atoms with Gasteiger partial charge in [-0.1, -0.05) is 30.3 Å². The van der Waals surface area contributed by atoms with E-state index in [9.17, 15) is 0 Å². The highest BCUT2D eigenvalue weighted by molar-refractivity contribution is 7.13. The number of hydrogen-bond donors (Lipinski definition) is 0. The highest BCUT2D eigenvalue weighted by Gasteiger charge is 2.19. The molecule has 140 valence electrons. The van der Waals surface area contributed by atoms with Gasteiger partial charge in [-0.2, -0.15) is 0 Å². The lowest BCUT2D eigenvalue weighted by Gasteiger charge is -2.35. The molecule has 4 heterocycles. The van der Waals surface area contributed by atoms with E-state index in [4.69, 9.17) is 4.98 Å². The third-order valence-corrected chi connectivity index (χ3v) is 6.22. The van der Waals surface area contributed by atoms with Gasteiger partial charge in [0.05, 0.1) is 5.52 Å². The third kappa shape index (κ3) is 3.51. The zero-order valence-electron chi connectivity index (χ0n) is 15.7. The average Bonchev–Trinajstić information content (AvgIpc) is 3.29. The first-order chi connectivity index (χ1) is 13.9. The Morgan fingerprint density at radius 2 is 1.82 bits per heavy atom. The summed E-state index contributed by atoms with van der Waals surface area (Å²) in [4.78, 5) is 15.5. The molecule has 0 radical (unpaired) electrons. The Kier molecular flexibility index (Phi) is 4.77. The van der Waals surface area contributed by atoms with Crippen LogP contribution < -0.4 is 4.90 Å². The van der Waals surface area contributed by atoms with Crippen molar-refractivity contribution in [1.82, 2.24) is 14.9 Å². The SMILES string of the molecule is c1cncc(CN2CCN(c3ccc4cccc(-c5cccs5)c4n3)CC2)c1. The van der Waals surface area contributed by atoms with E-state index in [-0.39, 0.29) is 0 Å². The zero-order chi connectivity index (χ0) is 18.8. The molecule has 1 fully saturated rings. The predicted octanol–water partition coefficient (Wildman–Crippen LogP) is 4.68. The maximum atomic E-state index is 5.07. The first-order valence-electron chi connectivity index (χ1n) is 9.67. The van der Waals surface area contributed by atoms with Gasteiger partial charge in [-0.3, -0.25) is 9.88 Å². The summed E-state index contributed by atoms with van der Waals surface area (Å²) in [6.45, 7) is 5.05. The number of rotatable bonds is 4. The molecule has 3 aromatic heterocycles. The van der Waals surface area contributed by atoms with Gasteiger partial charge in [0.1, 0.15) is 5.82 Å². The molecule has 0 saturated carbocycles. The largest absolute Gasteiger partial charge is 0.354 e.